The standard InChI is InChI=1S/C22H26N4O3/c1-24-18(10-11-23-24)21-17(8-9-20(27)26(21)16-6-7-16)22(28)25-12-13-29-19-5-3-2-4-15(19)14-25/h2-5,10-11,16-17,21H,6-9,12-14H2,1H3. The maximum Gasteiger partial charge on any atom is 0.228 e. The molecule has 1 aromatic carbocycles. The average molecular weight is 394 g/mol. The molecule has 0 bridgehead atoms. The molecule has 152 valence electrons. The summed E-state index contributed by atoms with van der Waals surface area (Å²) < 4.78 is 7.65. The Balaban J connectivity index is 1.47. The maximum absolute atomic E-state index is 13.7. The van der Waals surface area contributed by atoms with Crippen LogP contribution in [0.15, 0.2) is 36.5 Å². The van der Waals surface area contributed by atoms with Crippen LogP contribution in [0, 0.1) is 5.92 Å². The van der Waals surface area contributed by atoms with E-state index in [1.165, 1.54) is 0 Å². The van der Waals surface area contributed by atoms with E-state index in [4.69, 9.17) is 4.74 Å². The molecule has 7 nitrogen and oxygen atoms in total. The van der Waals surface area contributed by atoms with Crippen LogP contribution in [0.25, 0.3) is 0 Å². The summed E-state index contributed by atoms with van der Waals surface area (Å²) in [6, 6.07) is 9.85. The topological polar surface area (TPSA) is 67.7 Å². The molecule has 1 saturated carbocycles. The van der Waals surface area contributed by atoms with E-state index in [2.05, 4.69) is 5.10 Å². The van der Waals surface area contributed by atoms with Crippen LogP contribution < -0.4 is 4.74 Å². The smallest absolute Gasteiger partial charge is 0.228 e. The highest BCUT2D eigenvalue weighted by Gasteiger charge is 2.48. The van der Waals surface area contributed by atoms with Crippen LogP contribution >= 0.6 is 0 Å². The van der Waals surface area contributed by atoms with Crippen molar-refractivity contribution in [1.82, 2.24) is 19.6 Å². The van der Waals surface area contributed by atoms with Gasteiger partial charge in [-0.3, -0.25) is 14.3 Å². The molecule has 2 amide bonds. The van der Waals surface area contributed by atoms with Crippen molar-refractivity contribution in [1.29, 1.82) is 0 Å². The average Bonchev–Trinajstić information content (AvgIpc) is 3.50. The molecule has 1 aromatic heterocycles. The largest absolute Gasteiger partial charge is 0.491 e. The number of fused-ring (bicyclic) bond motifs is 1. The van der Waals surface area contributed by atoms with Gasteiger partial charge < -0.3 is 14.5 Å². The molecular formula is C22H26N4O3. The number of benzene rings is 1. The van der Waals surface area contributed by atoms with E-state index in [-0.39, 0.29) is 29.8 Å². The van der Waals surface area contributed by atoms with Gasteiger partial charge in [0, 0.05) is 37.8 Å². The number of para-hydroxylation sites is 1. The number of nitrogens with zero attached hydrogens (tertiary/aromatic N) is 4. The number of rotatable bonds is 3. The van der Waals surface area contributed by atoms with Crippen LogP contribution in [-0.2, 0) is 23.2 Å². The number of hydrogen-bond donors (Lipinski definition) is 0. The van der Waals surface area contributed by atoms with Crippen LogP contribution in [0.3, 0.4) is 0 Å². The Morgan fingerprint density at radius 2 is 2.00 bits per heavy atom. The fraction of sp³-hybridized carbons (Fsp3) is 0.500. The summed E-state index contributed by atoms with van der Waals surface area (Å²) in [6.45, 7) is 1.58. The fourth-order valence-electron chi connectivity index (χ4n) is 4.73. The van der Waals surface area contributed by atoms with E-state index < -0.39 is 0 Å². The Kier molecular flexibility index (Phi) is 4.53. The van der Waals surface area contributed by atoms with Crippen molar-refractivity contribution in [3.8, 4) is 5.75 Å². The number of aromatic nitrogens is 2. The normalized spacial score (nSPS) is 24.7. The van der Waals surface area contributed by atoms with Crippen molar-refractivity contribution >= 4 is 11.8 Å². The third kappa shape index (κ3) is 3.28. The Morgan fingerprint density at radius 1 is 1.17 bits per heavy atom. The highest BCUT2D eigenvalue weighted by Crippen LogP contribution is 2.44. The first kappa shape index (κ1) is 18.2. The lowest BCUT2D eigenvalue weighted by molar-refractivity contribution is -0.149. The lowest BCUT2D eigenvalue weighted by Gasteiger charge is -2.42. The molecule has 0 N–H and O–H groups in total. The van der Waals surface area contributed by atoms with Gasteiger partial charge in [0.1, 0.15) is 12.4 Å². The third-order valence-electron chi connectivity index (χ3n) is 6.32. The minimum atomic E-state index is -0.256. The number of carbonyl (C=O) groups excluding carboxylic acids is 2. The van der Waals surface area contributed by atoms with E-state index in [9.17, 15) is 9.59 Å². The Hall–Kier alpha value is -2.83. The highest BCUT2D eigenvalue weighted by molar-refractivity contribution is 5.85. The molecular weight excluding hydrogens is 368 g/mol. The quantitative estimate of drug-likeness (QED) is 0.801. The first-order valence-corrected chi connectivity index (χ1v) is 10.4. The zero-order valence-electron chi connectivity index (χ0n) is 16.7. The van der Waals surface area contributed by atoms with Gasteiger partial charge in [-0.15, -0.1) is 0 Å². The summed E-state index contributed by atoms with van der Waals surface area (Å²) in [6.07, 6.45) is 4.80. The molecule has 2 aromatic rings. The van der Waals surface area contributed by atoms with E-state index >= 15 is 0 Å². The molecule has 3 heterocycles. The van der Waals surface area contributed by atoms with Gasteiger partial charge in [0.25, 0.3) is 0 Å². The predicted molar refractivity (Wildman–Crippen MR) is 106 cm³/mol. The van der Waals surface area contributed by atoms with E-state index in [1.54, 1.807) is 10.9 Å². The van der Waals surface area contributed by atoms with Crippen LogP contribution in [0.5, 0.6) is 5.75 Å². The summed E-state index contributed by atoms with van der Waals surface area (Å²) in [5.41, 5.74) is 1.97. The summed E-state index contributed by atoms with van der Waals surface area (Å²) in [5, 5.41) is 4.32. The second-order valence-corrected chi connectivity index (χ2v) is 8.22. The molecule has 0 radical (unpaired) electrons. The van der Waals surface area contributed by atoms with Gasteiger partial charge in [-0.25, -0.2) is 0 Å². The second kappa shape index (κ2) is 7.21. The van der Waals surface area contributed by atoms with Crippen molar-refractivity contribution in [3.05, 3.63) is 47.8 Å². The van der Waals surface area contributed by atoms with Gasteiger partial charge in [0.2, 0.25) is 11.8 Å². The first-order valence-electron chi connectivity index (χ1n) is 10.4. The molecule has 2 unspecified atom stereocenters. The van der Waals surface area contributed by atoms with Crippen molar-refractivity contribution in [2.45, 2.75) is 44.3 Å². The number of piperidine rings is 1. The molecule has 3 aliphatic rings. The third-order valence-corrected chi connectivity index (χ3v) is 6.32. The van der Waals surface area contributed by atoms with Crippen LogP contribution in [0.2, 0.25) is 0 Å². The molecule has 1 aliphatic carbocycles. The summed E-state index contributed by atoms with van der Waals surface area (Å²) in [7, 11) is 1.89. The highest BCUT2D eigenvalue weighted by atomic mass is 16.5. The Bertz CT molecular complexity index is 936. The van der Waals surface area contributed by atoms with Crippen molar-refractivity contribution < 1.29 is 14.3 Å². The molecule has 0 spiro atoms. The molecule has 2 aliphatic heterocycles. The number of amides is 2. The lowest BCUT2D eigenvalue weighted by atomic mass is 9.85. The zero-order valence-corrected chi connectivity index (χ0v) is 16.7. The minimum absolute atomic E-state index is 0.106. The monoisotopic (exact) mass is 394 g/mol. The molecule has 7 heteroatoms. The summed E-state index contributed by atoms with van der Waals surface area (Å²) >= 11 is 0. The minimum Gasteiger partial charge on any atom is -0.491 e. The predicted octanol–water partition coefficient (Wildman–Crippen LogP) is 2.28. The van der Waals surface area contributed by atoms with Crippen LogP contribution in [0.4, 0.5) is 0 Å². The van der Waals surface area contributed by atoms with Crippen molar-refractivity contribution in [3.63, 3.8) is 0 Å². The maximum atomic E-state index is 13.7. The van der Waals surface area contributed by atoms with Gasteiger partial charge in [0.15, 0.2) is 0 Å². The number of likely N-dealkylation sites (tertiary alicyclic amines) is 1. The number of carbonyl (C=O) groups is 2. The van der Waals surface area contributed by atoms with E-state index in [0.29, 0.717) is 32.5 Å². The van der Waals surface area contributed by atoms with Gasteiger partial charge >= 0.3 is 0 Å². The molecule has 1 saturated heterocycles. The van der Waals surface area contributed by atoms with E-state index in [0.717, 1.165) is 29.8 Å². The molecule has 5 rings (SSSR count). The Morgan fingerprint density at radius 3 is 2.76 bits per heavy atom. The molecule has 29 heavy (non-hydrogen) atoms. The van der Waals surface area contributed by atoms with Gasteiger partial charge in [-0.1, -0.05) is 18.2 Å². The van der Waals surface area contributed by atoms with Gasteiger partial charge in [-0.05, 0) is 31.4 Å². The first-order chi connectivity index (χ1) is 14.1. The SMILES string of the molecule is Cn1nccc1C1C(C(=O)N2CCOc3ccccc3C2)CCC(=O)N1C1CC1. The summed E-state index contributed by atoms with van der Waals surface area (Å²) in [5.74, 6) is 0.861. The molecule has 2 fully saturated rings. The summed E-state index contributed by atoms with van der Waals surface area (Å²) in [4.78, 5) is 30.4. The number of hydrogen-bond acceptors (Lipinski definition) is 4. The fourth-order valence-corrected chi connectivity index (χ4v) is 4.73. The van der Waals surface area contributed by atoms with Crippen LogP contribution in [-0.4, -0.2) is 50.6 Å². The Labute approximate surface area is 170 Å². The van der Waals surface area contributed by atoms with Gasteiger partial charge in [-0.2, -0.15) is 5.10 Å². The second-order valence-electron chi connectivity index (χ2n) is 8.22. The lowest BCUT2D eigenvalue weighted by Crippen LogP contribution is -2.50. The van der Waals surface area contributed by atoms with E-state index in [1.807, 2.05) is 47.2 Å². The number of aryl methyl sites for hydroxylation is 1. The molecule has 2 atom stereocenters. The van der Waals surface area contributed by atoms with Crippen LogP contribution in [0.1, 0.15) is 43.0 Å². The van der Waals surface area contributed by atoms with Crippen molar-refractivity contribution in [2.24, 2.45) is 13.0 Å². The number of ether oxygens (including phenoxy) is 1. The zero-order chi connectivity index (χ0) is 20.0. The van der Waals surface area contributed by atoms with Gasteiger partial charge in [0.05, 0.1) is 24.2 Å². The van der Waals surface area contributed by atoms with Crippen molar-refractivity contribution in [2.75, 3.05) is 13.2 Å².